The van der Waals surface area contributed by atoms with E-state index in [9.17, 15) is 13.2 Å². The van der Waals surface area contributed by atoms with Crippen LogP contribution in [-0.2, 0) is 21.1 Å². The van der Waals surface area contributed by atoms with Gasteiger partial charge in [-0.2, -0.15) is 11.8 Å². The SMILES string of the molecule is CS(=O)(=O)C1CSCCN1C(=O)CCc1ccccc1N. The second-order valence-electron chi connectivity index (χ2n) is 5.15. The van der Waals surface area contributed by atoms with Crippen LogP contribution in [0.1, 0.15) is 12.0 Å². The normalized spacial score (nSPS) is 19.5. The Morgan fingerprint density at radius 2 is 2.14 bits per heavy atom. The number of amides is 1. The maximum atomic E-state index is 12.4. The quantitative estimate of drug-likeness (QED) is 0.839. The van der Waals surface area contributed by atoms with E-state index in [2.05, 4.69) is 0 Å². The molecule has 0 spiro atoms. The summed E-state index contributed by atoms with van der Waals surface area (Å²) < 4.78 is 23.6. The Morgan fingerprint density at radius 3 is 2.81 bits per heavy atom. The van der Waals surface area contributed by atoms with Gasteiger partial charge in [-0.3, -0.25) is 4.79 Å². The summed E-state index contributed by atoms with van der Waals surface area (Å²) >= 11 is 1.57. The molecule has 2 rings (SSSR count). The number of hydrogen-bond donors (Lipinski definition) is 1. The van der Waals surface area contributed by atoms with Gasteiger partial charge in [0.1, 0.15) is 5.37 Å². The first kappa shape index (κ1) is 16.2. The summed E-state index contributed by atoms with van der Waals surface area (Å²) in [6.07, 6.45) is 2.01. The van der Waals surface area contributed by atoms with Gasteiger partial charge in [0.25, 0.3) is 0 Å². The molecule has 1 atom stereocenters. The summed E-state index contributed by atoms with van der Waals surface area (Å²) in [5.41, 5.74) is 7.45. The van der Waals surface area contributed by atoms with Gasteiger partial charge in [0.15, 0.2) is 9.84 Å². The number of carbonyl (C=O) groups excluding carboxylic acids is 1. The monoisotopic (exact) mass is 328 g/mol. The van der Waals surface area contributed by atoms with Gasteiger partial charge in [-0.05, 0) is 18.1 Å². The van der Waals surface area contributed by atoms with E-state index >= 15 is 0 Å². The molecule has 1 aliphatic heterocycles. The van der Waals surface area contributed by atoms with Gasteiger partial charge < -0.3 is 10.6 Å². The molecule has 5 nitrogen and oxygen atoms in total. The zero-order chi connectivity index (χ0) is 15.5. The number of carbonyl (C=O) groups is 1. The molecule has 116 valence electrons. The Balaban J connectivity index is 2.03. The van der Waals surface area contributed by atoms with Crippen molar-refractivity contribution in [2.24, 2.45) is 0 Å². The number of nitrogens with two attached hydrogens (primary N) is 1. The minimum Gasteiger partial charge on any atom is -0.399 e. The maximum Gasteiger partial charge on any atom is 0.224 e. The van der Waals surface area contributed by atoms with Gasteiger partial charge in [-0.1, -0.05) is 18.2 Å². The number of para-hydroxylation sites is 1. The van der Waals surface area contributed by atoms with Crippen molar-refractivity contribution in [3.05, 3.63) is 29.8 Å². The van der Waals surface area contributed by atoms with Gasteiger partial charge in [-0.15, -0.1) is 0 Å². The van der Waals surface area contributed by atoms with Crippen LogP contribution in [0.3, 0.4) is 0 Å². The van der Waals surface area contributed by atoms with Gasteiger partial charge in [0.05, 0.1) is 0 Å². The average molecular weight is 328 g/mol. The van der Waals surface area contributed by atoms with Crippen molar-refractivity contribution in [3.63, 3.8) is 0 Å². The number of aryl methyl sites for hydroxylation is 1. The Labute approximate surface area is 129 Å². The second kappa shape index (κ2) is 6.70. The van der Waals surface area contributed by atoms with Crippen molar-refractivity contribution >= 4 is 33.2 Å². The molecule has 1 aliphatic rings. The molecular formula is C14H20N2O3S2. The molecule has 21 heavy (non-hydrogen) atoms. The number of nitrogens with zero attached hydrogens (tertiary/aromatic N) is 1. The highest BCUT2D eigenvalue weighted by Crippen LogP contribution is 2.22. The highest BCUT2D eigenvalue weighted by molar-refractivity contribution is 8.00. The molecule has 0 bridgehead atoms. The van der Waals surface area contributed by atoms with Crippen LogP contribution in [0.2, 0.25) is 0 Å². The largest absolute Gasteiger partial charge is 0.399 e. The van der Waals surface area contributed by atoms with E-state index in [1.165, 1.54) is 11.2 Å². The lowest BCUT2D eigenvalue weighted by Crippen LogP contribution is -2.49. The number of rotatable bonds is 4. The molecule has 1 unspecified atom stereocenters. The molecule has 0 aromatic heterocycles. The Bertz CT molecular complexity index is 616. The van der Waals surface area contributed by atoms with Crippen LogP contribution < -0.4 is 5.73 Å². The van der Waals surface area contributed by atoms with E-state index < -0.39 is 15.2 Å². The van der Waals surface area contributed by atoms with E-state index in [0.29, 0.717) is 24.4 Å². The molecule has 0 radical (unpaired) electrons. The van der Waals surface area contributed by atoms with Crippen LogP contribution in [0.15, 0.2) is 24.3 Å². The summed E-state index contributed by atoms with van der Waals surface area (Å²) in [5.74, 6) is 1.12. The molecule has 0 saturated carbocycles. The molecular weight excluding hydrogens is 308 g/mol. The first-order chi connectivity index (χ1) is 9.89. The van der Waals surface area contributed by atoms with E-state index in [-0.39, 0.29) is 12.3 Å². The number of sulfone groups is 1. The Kier molecular flexibility index (Phi) is 5.16. The molecule has 2 N–H and O–H groups in total. The average Bonchev–Trinajstić information content (AvgIpc) is 2.45. The number of hydrogen-bond acceptors (Lipinski definition) is 5. The Hall–Kier alpha value is -1.21. The zero-order valence-electron chi connectivity index (χ0n) is 12.0. The molecule has 1 fully saturated rings. The van der Waals surface area contributed by atoms with Crippen molar-refractivity contribution in [3.8, 4) is 0 Å². The fourth-order valence-corrected chi connectivity index (χ4v) is 5.20. The molecule has 1 heterocycles. The minimum atomic E-state index is -3.25. The Morgan fingerprint density at radius 1 is 1.43 bits per heavy atom. The van der Waals surface area contributed by atoms with Crippen LogP contribution in [0.25, 0.3) is 0 Å². The van der Waals surface area contributed by atoms with Crippen LogP contribution in [0.4, 0.5) is 5.69 Å². The molecule has 1 aromatic rings. The van der Waals surface area contributed by atoms with Crippen LogP contribution in [-0.4, -0.2) is 48.9 Å². The molecule has 1 saturated heterocycles. The van der Waals surface area contributed by atoms with Crippen molar-refractivity contribution in [1.29, 1.82) is 0 Å². The van der Waals surface area contributed by atoms with Crippen molar-refractivity contribution in [2.75, 3.05) is 30.0 Å². The fourth-order valence-electron chi connectivity index (χ4n) is 2.37. The number of benzene rings is 1. The second-order valence-corrected chi connectivity index (χ2v) is 8.50. The third kappa shape index (κ3) is 4.14. The topological polar surface area (TPSA) is 80.5 Å². The number of nitrogen functional groups attached to an aromatic ring is 1. The highest BCUT2D eigenvalue weighted by Gasteiger charge is 2.33. The van der Waals surface area contributed by atoms with E-state index in [1.54, 1.807) is 17.8 Å². The predicted molar refractivity (Wildman–Crippen MR) is 86.8 cm³/mol. The fraction of sp³-hybridized carbons (Fsp3) is 0.500. The van der Waals surface area contributed by atoms with E-state index in [4.69, 9.17) is 5.73 Å². The lowest BCUT2D eigenvalue weighted by molar-refractivity contribution is -0.131. The maximum absolute atomic E-state index is 12.4. The van der Waals surface area contributed by atoms with Gasteiger partial charge in [0, 0.05) is 36.4 Å². The zero-order valence-corrected chi connectivity index (χ0v) is 13.6. The summed E-state index contributed by atoms with van der Waals surface area (Å²) in [4.78, 5) is 13.9. The van der Waals surface area contributed by atoms with Crippen molar-refractivity contribution < 1.29 is 13.2 Å². The van der Waals surface area contributed by atoms with Gasteiger partial charge >= 0.3 is 0 Å². The van der Waals surface area contributed by atoms with E-state index in [0.717, 1.165) is 11.3 Å². The van der Waals surface area contributed by atoms with E-state index in [1.807, 2.05) is 18.2 Å². The van der Waals surface area contributed by atoms with Crippen LogP contribution >= 0.6 is 11.8 Å². The molecule has 1 amide bonds. The lowest BCUT2D eigenvalue weighted by atomic mass is 10.1. The number of anilines is 1. The molecule has 1 aromatic carbocycles. The van der Waals surface area contributed by atoms with Gasteiger partial charge in [-0.25, -0.2) is 8.42 Å². The van der Waals surface area contributed by atoms with Crippen LogP contribution in [0, 0.1) is 0 Å². The first-order valence-electron chi connectivity index (χ1n) is 6.79. The third-order valence-electron chi connectivity index (χ3n) is 3.56. The van der Waals surface area contributed by atoms with Crippen molar-refractivity contribution in [2.45, 2.75) is 18.2 Å². The summed E-state index contributed by atoms with van der Waals surface area (Å²) in [6.45, 7) is 0.492. The number of thioether (sulfide) groups is 1. The highest BCUT2D eigenvalue weighted by atomic mass is 32.2. The molecule has 0 aliphatic carbocycles. The predicted octanol–water partition coefficient (Wildman–Crippen LogP) is 1.15. The lowest BCUT2D eigenvalue weighted by Gasteiger charge is -2.34. The summed E-state index contributed by atoms with van der Waals surface area (Å²) in [6, 6.07) is 7.43. The van der Waals surface area contributed by atoms with Crippen molar-refractivity contribution in [1.82, 2.24) is 4.90 Å². The summed E-state index contributed by atoms with van der Waals surface area (Å²) in [5, 5.41) is -0.697. The first-order valence-corrected chi connectivity index (χ1v) is 9.90. The standard InChI is InChI=1S/C14H20N2O3S2/c1-21(18,19)14-10-20-9-8-16(14)13(17)7-6-11-4-2-3-5-12(11)15/h2-5,14H,6-10,15H2,1H3. The van der Waals surface area contributed by atoms with Gasteiger partial charge in [0.2, 0.25) is 5.91 Å². The molecule has 7 heteroatoms. The minimum absolute atomic E-state index is 0.117. The smallest absolute Gasteiger partial charge is 0.224 e. The summed E-state index contributed by atoms with van der Waals surface area (Å²) in [7, 11) is -3.25. The third-order valence-corrected chi connectivity index (χ3v) is 6.21. The van der Waals surface area contributed by atoms with Crippen LogP contribution in [0.5, 0.6) is 0 Å².